The average molecular weight is 545 g/mol. The molecular weight excluding hydrogens is 527 g/mol. The van der Waals surface area contributed by atoms with Gasteiger partial charge >= 0.3 is 0 Å². The van der Waals surface area contributed by atoms with Gasteiger partial charge in [-0.25, -0.2) is 4.98 Å². The van der Waals surface area contributed by atoms with Gasteiger partial charge in [-0.15, -0.1) is 16.4 Å². The molecule has 3 heterocycles. The molecule has 3 aromatic heterocycles. The second-order valence-electron chi connectivity index (χ2n) is 8.19. The van der Waals surface area contributed by atoms with E-state index in [1.807, 2.05) is 60.0 Å². The highest BCUT2D eigenvalue weighted by Crippen LogP contribution is 2.34. The fraction of sp³-hybridized carbons (Fsp3) is 0.0370. The number of anilines is 2. The van der Waals surface area contributed by atoms with Crippen molar-refractivity contribution in [3.8, 4) is 0 Å². The molecule has 0 bridgehead atoms. The number of thiophene rings is 1. The first kappa shape index (κ1) is 23.4. The maximum Gasteiger partial charge on any atom is 0.283 e. The Hall–Kier alpha value is -3.98. The van der Waals surface area contributed by atoms with Crippen molar-refractivity contribution in [2.75, 3.05) is 5.32 Å². The number of hydrogen-bond acceptors (Lipinski definition) is 6. The maximum absolute atomic E-state index is 13.3. The van der Waals surface area contributed by atoms with Gasteiger partial charge in [0.2, 0.25) is 0 Å². The smallest absolute Gasteiger partial charge is 0.283 e. The number of fused-ring (bicyclic) bond motifs is 2. The molecule has 0 aliphatic heterocycles. The minimum atomic E-state index is -0.249. The van der Waals surface area contributed by atoms with E-state index in [0.717, 1.165) is 16.1 Å². The van der Waals surface area contributed by atoms with Crippen LogP contribution in [0.25, 0.3) is 16.7 Å². The molecular formula is C27H18Cl2N6OS. The second kappa shape index (κ2) is 9.82. The van der Waals surface area contributed by atoms with E-state index in [9.17, 15) is 4.79 Å². The van der Waals surface area contributed by atoms with Gasteiger partial charge in [-0.2, -0.15) is 14.3 Å². The standard InChI is InChI=1S/C27H18Cl2N6OS/c28-20-10-5-11-21(29)25(20)31-22-12-3-1-7-17(22)15-24-33-35-26(36)19-9-2-4-13-23(19)32-27(35)34(24)30-16-18-8-6-14-37-18/h1-14,16,31H,15H2/b30-16+. The zero-order chi connectivity index (χ0) is 25.4. The molecule has 0 amide bonds. The number of hydrogen-bond donors (Lipinski definition) is 1. The SMILES string of the molecule is O=c1c2ccccc2nc2n(/N=C/c3cccs3)c(Cc3ccccc3Nc3c(Cl)cccc3Cl)nn12. The highest BCUT2D eigenvalue weighted by atomic mass is 35.5. The predicted molar refractivity (Wildman–Crippen MR) is 151 cm³/mol. The molecule has 6 aromatic rings. The lowest BCUT2D eigenvalue weighted by atomic mass is 10.1. The van der Waals surface area contributed by atoms with E-state index in [1.54, 1.807) is 46.5 Å². The van der Waals surface area contributed by atoms with Gasteiger partial charge in [0.15, 0.2) is 5.82 Å². The molecule has 10 heteroatoms. The van der Waals surface area contributed by atoms with E-state index in [4.69, 9.17) is 28.2 Å². The topological polar surface area (TPSA) is 76.6 Å². The first-order valence-electron chi connectivity index (χ1n) is 11.3. The molecule has 6 rings (SSSR count). The molecule has 0 unspecified atom stereocenters. The van der Waals surface area contributed by atoms with Crippen molar-refractivity contribution in [3.63, 3.8) is 0 Å². The Kier molecular flexibility index (Phi) is 6.21. The number of nitrogens with zero attached hydrogens (tertiary/aromatic N) is 5. The fourth-order valence-electron chi connectivity index (χ4n) is 4.04. The lowest BCUT2D eigenvalue weighted by Crippen LogP contribution is -2.16. The lowest BCUT2D eigenvalue weighted by molar-refractivity contribution is 0.810. The van der Waals surface area contributed by atoms with Crippen LogP contribution in [0.5, 0.6) is 0 Å². The van der Waals surface area contributed by atoms with Gasteiger partial charge in [0.05, 0.1) is 32.9 Å². The van der Waals surface area contributed by atoms with Crippen molar-refractivity contribution in [2.24, 2.45) is 5.10 Å². The van der Waals surface area contributed by atoms with Gasteiger partial charge in [-0.1, -0.05) is 65.7 Å². The molecule has 3 aromatic carbocycles. The molecule has 7 nitrogen and oxygen atoms in total. The summed E-state index contributed by atoms with van der Waals surface area (Å²) in [6, 6.07) is 24.3. The van der Waals surface area contributed by atoms with Gasteiger partial charge < -0.3 is 5.32 Å². The third-order valence-electron chi connectivity index (χ3n) is 5.82. The lowest BCUT2D eigenvalue weighted by Gasteiger charge is -2.14. The third-order valence-corrected chi connectivity index (χ3v) is 7.25. The summed E-state index contributed by atoms with van der Waals surface area (Å²) in [6.07, 6.45) is 2.11. The number of rotatable bonds is 6. The molecule has 0 aliphatic carbocycles. The minimum Gasteiger partial charge on any atom is -0.353 e. The van der Waals surface area contributed by atoms with E-state index < -0.39 is 0 Å². The van der Waals surface area contributed by atoms with E-state index >= 15 is 0 Å². The summed E-state index contributed by atoms with van der Waals surface area (Å²) in [6.45, 7) is 0. The van der Waals surface area contributed by atoms with Crippen LogP contribution in [0, 0.1) is 0 Å². The summed E-state index contributed by atoms with van der Waals surface area (Å²) >= 11 is 14.4. The van der Waals surface area contributed by atoms with Crippen LogP contribution in [0.2, 0.25) is 10.0 Å². The molecule has 0 atom stereocenters. The molecule has 0 radical (unpaired) electrons. The van der Waals surface area contributed by atoms with Crippen LogP contribution in [0.1, 0.15) is 16.3 Å². The fourth-order valence-corrected chi connectivity index (χ4v) is 5.11. The molecule has 1 N–H and O–H groups in total. The Morgan fingerprint density at radius 2 is 1.73 bits per heavy atom. The van der Waals surface area contributed by atoms with Crippen LogP contribution in [0.3, 0.4) is 0 Å². The molecule has 0 saturated carbocycles. The number of para-hydroxylation sites is 3. The second-order valence-corrected chi connectivity index (χ2v) is 9.98. The summed E-state index contributed by atoms with van der Waals surface area (Å²) < 4.78 is 2.93. The van der Waals surface area contributed by atoms with Crippen molar-refractivity contribution in [2.45, 2.75) is 6.42 Å². The average Bonchev–Trinajstić information content (AvgIpc) is 3.54. The van der Waals surface area contributed by atoms with Crippen LogP contribution >= 0.6 is 34.5 Å². The van der Waals surface area contributed by atoms with Crippen LogP contribution in [0.15, 0.2) is 94.1 Å². The summed E-state index contributed by atoms with van der Waals surface area (Å²) in [5.74, 6) is 0.887. The quantitative estimate of drug-likeness (QED) is 0.239. The van der Waals surface area contributed by atoms with Crippen LogP contribution < -0.4 is 10.9 Å². The first-order valence-corrected chi connectivity index (χ1v) is 13.0. The normalized spacial score (nSPS) is 11.6. The zero-order valence-corrected chi connectivity index (χ0v) is 21.5. The first-order chi connectivity index (χ1) is 18.1. The highest BCUT2D eigenvalue weighted by Gasteiger charge is 2.18. The van der Waals surface area contributed by atoms with E-state index in [2.05, 4.69) is 15.5 Å². The Morgan fingerprint density at radius 1 is 0.946 bits per heavy atom. The van der Waals surface area contributed by atoms with E-state index in [-0.39, 0.29) is 5.56 Å². The van der Waals surface area contributed by atoms with Gasteiger partial charge in [-0.3, -0.25) is 4.79 Å². The van der Waals surface area contributed by atoms with E-state index in [1.165, 1.54) is 4.52 Å². The van der Waals surface area contributed by atoms with Crippen LogP contribution in [0.4, 0.5) is 11.4 Å². The molecule has 0 fully saturated rings. The molecule has 0 saturated heterocycles. The largest absolute Gasteiger partial charge is 0.353 e. The van der Waals surface area contributed by atoms with E-state index in [0.29, 0.717) is 44.7 Å². The Bertz CT molecular complexity index is 1820. The van der Waals surface area contributed by atoms with Gasteiger partial charge in [-0.05, 0) is 47.3 Å². The maximum atomic E-state index is 13.3. The summed E-state index contributed by atoms with van der Waals surface area (Å²) in [5, 5.41) is 16.2. The van der Waals surface area contributed by atoms with Gasteiger partial charge in [0.1, 0.15) is 0 Å². The van der Waals surface area contributed by atoms with Crippen LogP contribution in [-0.2, 0) is 6.42 Å². The number of nitrogens with one attached hydrogen (secondary N) is 1. The molecule has 0 aliphatic rings. The van der Waals surface area contributed by atoms with Crippen molar-refractivity contribution in [3.05, 3.63) is 121 Å². The third kappa shape index (κ3) is 4.51. The van der Waals surface area contributed by atoms with Gasteiger partial charge in [0.25, 0.3) is 11.3 Å². The zero-order valence-electron chi connectivity index (χ0n) is 19.2. The Balaban J connectivity index is 1.49. The molecule has 182 valence electrons. The minimum absolute atomic E-state index is 0.249. The highest BCUT2D eigenvalue weighted by molar-refractivity contribution is 7.11. The number of benzene rings is 3. The van der Waals surface area contributed by atoms with Crippen molar-refractivity contribution < 1.29 is 0 Å². The number of aromatic nitrogens is 4. The molecule has 0 spiro atoms. The van der Waals surface area contributed by atoms with Crippen molar-refractivity contribution in [1.29, 1.82) is 0 Å². The van der Waals surface area contributed by atoms with Crippen molar-refractivity contribution in [1.82, 2.24) is 19.3 Å². The van der Waals surface area contributed by atoms with Gasteiger partial charge in [0, 0.05) is 17.0 Å². The summed E-state index contributed by atoms with van der Waals surface area (Å²) in [4.78, 5) is 19.0. The Labute approximate surface area is 225 Å². The summed E-state index contributed by atoms with van der Waals surface area (Å²) in [5.41, 5.74) is 2.68. The summed E-state index contributed by atoms with van der Waals surface area (Å²) in [7, 11) is 0. The number of halogens is 2. The molecule has 37 heavy (non-hydrogen) atoms. The van der Waals surface area contributed by atoms with Crippen LogP contribution in [-0.4, -0.2) is 25.5 Å². The Morgan fingerprint density at radius 3 is 2.54 bits per heavy atom. The van der Waals surface area contributed by atoms with Crippen molar-refractivity contribution >= 4 is 68.8 Å². The monoisotopic (exact) mass is 544 g/mol. The predicted octanol–water partition coefficient (Wildman–Crippen LogP) is 6.63.